The predicted molar refractivity (Wildman–Crippen MR) is 92.0 cm³/mol. The Bertz CT molecular complexity index is 759. The zero-order valence-electron chi connectivity index (χ0n) is 13.2. The van der Waals surface area contributed by atoms with Crippen molar-refractivity contribution in [1.29, 1.82) is 0 Å². The van der Waals surface area contributed by atoms with Crippen LogP contribution in [0.4, 0.5) is 5.69 Å². The second kappa shape index (κ2) is 6.37. The number of rotatable bonds is 3. The molecular weight excluding hydrogens is 324 g/mol. The van der Waals surface area contributed by atoms with Crippen molar-refractivity contribution in [3.63, 3.8) is 0 Å². The van der Waals surface area contributed by atoms with Gasteiger partial charge in [0.15, 0.2) is 0 Å². The highest BCUT2D eigenvalue weighted by Crippen LogP contribution is 2.29. The molecule has 0 spiro atoms. The zero-order chi connectivity index (χ0) is 16.5. The number of hydrogen-bond acceptors (Lipinski definition) is 4. The number of fused-ring (bicyclic) bond motifs is 1. The van der Waals surface area contributed by atoms with Crippen molar-refractivity contribution < 1.29 is 14.3 Å². The molecule has 24 heavy (non-hydrogen) atoms. The van der Waals surface area contributed by atoms with E-state index in [-0.39, 0.29) is 25.0 Å². The van der Waals surface area contributed by atoms with Crippen LogP contribution >= 0.6 is 11.3 Å². The topological polar surface area (TPSA) is 49.9 Å². The van der Waals surface area contributed by atoms with Crippen LogP contribution in [0.15, 0.2) is 41.8 Å². The molecule has 0 aliphatic carbocycles. The number of thiophene rings is 1. The van der Waals surface area contributed by atoms with E-state index >= 15 is 0 Å². The van der Waals surface area contributed by atoms with Gasteiger partial charge < -0.3 is 14.5 Å². The number of nitrogens with zero attached hydrogens (tertiary/aromatic N) is 2. The number of para-hydroxylation sites is 1. The molecule has 2 aliphatic rings. The van der Waals surface area contributed by atoms with E-state index in [4.69, 9.17) is 4.74 Å². The Labute approximate surface area is 144 Å². The molecule has 4 rings (SSSR count). The molecule has 2 aliphatic heterocycles. The van der Waals surface area contributed by atoms with Gasteiger partial charge in [0.1, 0.15) is 12.6 Å². The van der Waals surface area contributed by atoms with Crippen LogP contribution in [0.2, 0.25) is 0 Å². The summed E-state index contributed by atoms with van der Waals surface area (Å²) in [7, 11) is 0. The van der Waals surface area contributed by atoms with E-state index in [1.165, 1.54) is 5.56 Å². The van der Waals surface area contributed by atoms with E-state index in [2.05, 4.69) is 6.07 Å². The molecule has 6 heteroatoms. The minimum atomic E-state index is -0.556. The van der Waals surface area contributed by atoms with E-state index in [9.17, 15) is 9.59 Å². The lowest BCUT2D eigenvalue weighted by atomic mass is 10.1. The van der Waals surface area contributed by atoms with Gasteiger partial charge in [0.25, 0.3) is 5.91 Å². The highest BCUT2D eigenvalue weighted by atomic mass is 32.1. The normalized spacial score (nSPS) is 20.3. The Morgan fingerprint density at radius 2 is 2.12 bits per heavy atom. The van der Waals surface area contributed by atoms with Gasteiger partial charge in [-0.3, -0.25) is 9.59 Å². The van der Waals surface area contributed by atoms with Crippen LogP contribution in [0.5, 0.6) is 0 Å². The van der Waals surface area contributed by atoms with Gasteiger partial charge in [-0.05, 0) is 29.5 Å². The van der Waals surface area contributed by atoms with Crippen molar-refractivity contribution in [1.82, 2.24) is 4.90 Å². The lowest BCUT2D eigenvalue weighted by Gasteiger charge is -2.36. The van der Waals surface area contributed by atoms with Crippen LogP contribution in [0, 0.1) is 0 Å². The van der Waals surface area contributed by atoms with Gasteiger partial charge in [-0.2, -0.15) is 0 Å². The Balaban J connectivity index is 1.59. The summed E-state index contributed by atoms with van der Waals surface area (Å²) in [6, 6.07) is 11.3. The average Bonchev–Trinajstić information content (AvgIpc) is 3.25. The van der Waals surface area contributed by atoms with Crippen LogP contribution < -0.4 is 4.90 Å². The predicted octanol–water partition coefficient (Wildman–Crippen LogP) is 2.06. The maximum absolute atomic E-state index is 13.1. The fourth-order valence-electron chi connectivity index (χ4n) is 3.33. The summed E-state index contributed by atoms with van der Waals surface area (Å²) in [5, 5.41) is 1.98. The minimum Gasteiger partial charge on any atom is -0.369 e. The molecule has 0 bridgehead atoms. The molecule has 1 saturated heterocycles. The van der Waals surface area contributed by atoms with Crippen molar-refractivity contribution in [2.45, 2.75) is 19.0 Å². The summed E-state index contributed by atoms with van der Waals surface area (Å²) in [5.74, 6) is -0.176. The Kier molecular flexibility index (Phi) is 4.08. The molecule has 3 heterocycles. The molecule has 1 aromatic heterocycles. The molecule has 1 atom stereocenters. The van der Waals surface area contributed by atoms with Gasteiger partial charge in [0.2, 0.25) is 5.91 Å². The molecule has 0 N–H and O–H groups in total. The minimum absolute atomic E-state index is 0.0474. The standard InChI is InChI=1S/C18H18N2O3S/c21-17-12-23-11-16(20(17)10-14-5-3-9-24-14)18(22)19-8-7-13-4-1-2-6-15(13)19/h1-6,9,16H,7-8,10-12H2/t16-/m0/s1. The van der Waals surface area contributed by atoms with Gasteiger partial charge >= 0.3 is 0 Å². The monoisotopic (exact) mass is 342 g/mol. The van der Waals surface area contributed by atoms with Gasteiger partial charge in [0.05, 0.1) is 13.2 Å². The van der Waals surface area contributed by atoms with E-state index in [1.807, 2.05) is 35.7 Å². The van der Waals surface area contributed by atoms with Crippen molar-refractivity contribution >= 4 is 28.8 Å². The van der Waals surface area contributed by atoms with Crippen LogP contribution in [-0.2, 0) is 27.3 Å². The maximum Gasteiger partial charge on any atom is 0.252 e. The molecule has 0 radical (unpaired) electrons. The van der Waals surface area contributed by atoms with Crippen molar-refractivity contribution in [3.8, 4) is 0 Å². The summed E-state index contributed by atoms with van der Waals surface area (Å²) in [6.45, 7) is 1.43. The van der Waals surface area contributed by atoms with E-state index < -0.39 is 6.04 Å². The SMILES string of the molecule is O=C([C@@H]1COCC(=O)N1Cc1cccs1)N1CCc2ccccc21. The first kappa shape index (κ1) is 15.4. The number of carbonyl (C=O) groups is 2. The van der Waals surface area contributed by atoms with Crippen molar-refractivity contribution in [3.05, 3.63) is 52.2 Å². The highest BCUT2D eigenvalue weighted by Gasteiger charge is 2.38. The van der Waals surface area contributed by atoms with Crippen LogP contribution in [0.1, 0.15) is 10.4 Å². The third kappa shape index (κ3) is 2.72. The molecule has 0 saturated carbocycles. The summed E-state index contributed by atoms with van der Waals surface area (Å²) in [5.41, 5.74) is 2.13. The van der Waals surface area contributed by atoms with Crippen LogP contribution in [0.3, 0.4) is 0 Å². The van der Waals surface area contributed by atoms with Gasteiger partial charge in [-0.25, -0.2) is 0 Å². The third-order valence-electron chi connectivity index (χ3n) is 4.54. The fraction of sp³-hybridized carbons (Fsp3) is 0.333. The molecule has 0 unspecified atom stereocenters. The summed E-state index contributed by atoms with van der Waals surface area (Å²) in [6.07, 6.45) is 0.856. The molecule has 124 valence electrons. The Hall–Kier alpha value is -2.18. The second-order valence-electron chi connectivity index (χ2n) is 6.00. The second-order valence-corrected chi connectivity index (χ2v) is 7.03. The Morgan fingerprint density at radius 1 is 1.25 bits per heavy atom. The molecular formula is C18H18N2O3S. The first-order valence-electron chi connectivity index (χ1n) is 8.03. The summed E-state index contributed by atoms with van der Waals surface area (Å²) < 4.78 is 5.38. The maximum atomic E-state index is 13.1. The van der Waals surface area contributed by atoms with E-state index in [0.29, 0.717) is 13.1 Å². The largest absolute Gasteiger partial charge is 0.369 e. The van der Waals surface area contributed by atoms with Crippen molar-refractivity contribution in [2.24, 2.45) is 0 Å². The first-order valence-corrected chi connectivity index (χ1v) is 8.91. The number of ether oxygens (including phenoxy) is 1. The summed E-state index contributed by atoms with van der Waals surface area (Å²) >= 11 is 1.59. The van der Waals surface area contributed by atoms with Gasteiger partial charge in [-0.1, -0.05) is 24.3 Å². The number of amides is 2. The average molecular weight is 342 g/mol. The smallest absolute Gasteiger partial charge is 0.252 e. The molecule has 2 aromatic rings. The third-order valence-corrected chi connectivity index (χ3v) is 5.40. The lowest BCUT2D eigenvalue weighted by molar-refractivity contribution is -0.154. The van der Waals surface area contributed by atoms with E-state index in [1.54, 1.807) is 21.1 Å². The van der Waals surface area contributed by atoms with E-state index in [0.717, 1.165) is 17.0 Å². The Morgan fingerprint density at radius 3 is 2.96 bits per heavy atom. The number of hydrogen-bond donors (Lipinski definition) is 0. The van der Waals surface area contributed by atoms with Crippen molar-refractivity contribution in [2.75, 3.05) is 24.7 Å². The number of morpholine rings is 1. The summed E-state index contributed by atoms with van der Waals surface area (Å²) in [4.78, 5) is 30.0. The molecule has 1 aromatic carbocycles. The fourth-order valence-corrected chi connectivity index (χ4v) is 4.03. The first-order chi connectivity index (χ1) is 11.7. The van der Waals surface area contributed by atoms with Crippen LogP contribution in [-0.4, -0.2) is 42.5 Å². The van der Waals surface area contributed by atoms with Gasteiger partial charge in [-0.15, -0.1) is 11.3 Å². The highest BCUT2D eigenvalue weighted by molar-refractivity contribution is 7.09. The molecule has 2 amide bonds. The quantitative estimate of drug-likeness (QED) is 0.858. The number of benzene rings is 1. The number of carbonyl (C=O) groups excluding carboxylic acids is 2. The van der Waals surface area contributed by atoms with Crippen LogP contribution in [0.25, 0.3) is 0 Å². The number of anilines is 1. The lowest BCUT2D eigenvalue weighted by Crippen LogP contribution is -2.56. The van der Waals surface area contributed by atoms with Gasteiger partial charge in [0, 0.05) is 17.1 Å². The zero-order valence-corrected chi connectivity index (χ0v) is 14.0. The molecule has 5 nitrogen and oxygen atoms in total. The molecule has 1 fully saturated rings.